The van der Waals surface area contributed by atoms with Crippen molar-refractivity contribution in [2.24, 2.45) is 0 Å². The van der Waals surface area contributed by atoms with E-state index in [2.05, 4.69) is 17.6 Å². The van der Waals surface area contributed by atoms with Crippen molar-refractivity contribution in [2.45, 2.75) is 45.1 Å². The minimum atomic E-state index is -4.57. The fourth-order valence-electron chi connectivity index (χ4n) is 2.14. The van der Waals surface area contributed by atoms with Crippen LogP contribution in [-0.2, 0) is 15.5 Å². The number of hydrogen-bond donors (Lipinski definition) is 1. The number of thiol groups is 1. The van der Waals surface area contributed by atoms with E-state index in [1.807, 2.05) is 27.7 Å². The van der Waals surface area contributed by atoms with E-state index in [0.717, 1.165) is 6.07 Å². The van der Waals surface area contributed by atoms with E-state index in [1.54, 1.807) is 0 Å². The van der Waals surface area contributed by atoms with Gasteiger partial charge in [0, 0.05) is 5.75 Å². The first-order chi connectivity index (χ1) is 10.9. The molecule has 0 aliphatic carbocycles. The molecule has 0 unspecified atom stereocenters. The highest BCUT2D eigenvalue weighted by Gasteiger charge is 2.52. The Kier molecular flexibility index (Phi) is 5.36. The average Bonchev–Trinajstić information content (AvgIpc) is 2.63. The summed E-state index contributed by atoms with van der Waals surface area (Å²) in [7, 11) is -0.686. The third-order valence-corrected chi connectivity index (χ3v) is 4.76. The minimum Gasteiger partial charge on any atom is -0.400 e. The lowest BCUT2D eigenvalue weighted by Gasteiger charge is -2.32. The standard InChI is InChI=1S/C15H18BClF3NO2S/c1-13(2)14(3,4)23-16(22-13)10(8-24)5-9-6-11(15(18,19)20)21-12(17)7-9/h5-7,24H,8H2,1-4H3. The largest absolute Gasteiger partial charge is 0.491 e. The van der Waals surface area contributed by atoms with E-state index in [1.165, 1.54) is 12.1 Å². The monoisotopic (exact) mass is 379 g/mol. The summed E-state index contributed by atoms with van der Waals surface area (Å²) in [4.78, 5) is 3.31. The van der Waals surface area contributed by atoms with Crippen molar-refractivity contribution in [1.29, 1.82) is 0 Å². The molecule has 0 spiro atoms. The van der Waals surface area contributed by atoms with Crippen LogP contribution in [0.15, 0.2) is 17.6 Å². The number of hydrogen-bond acceptors (Lipinski definition) is 4. The summed E-state index contributed by atoms with van der Waals surface area (Å²) in [5.74, 6) is 0.262. The lowest BCUT2D eigenvalue weighted by atomic mass is 9.78. The van der Waals surface area contributed by atoms with Crippen LogP contribution in [0.25, 0.3) is 6.08 Å². The molecule has 1 fully saturated rings. The Bertz CT molecular complexity index is 649. The van der Waals surface area contributed by atoms with Gasteiger partial charge in [-0.3, -0.25) is 0 Å². The van der Waals surface area contributed by atoms with E-state index in [-0.39, 0.29) is 16.5 Å². The first-order valence-corrected chi connectivity index (χ1v) is 8.28. The van der Waals surface area contributed by atoms with E-state index in [9.17, 15) is 13.2 Å². The molecular weight excluding hydrogens is 361 g/mol. The van der Waals surface area contributed by atoms with Crippen molar-refractivity contribution in [3.05, 3.63) is 34.0 Å². The van der Waals surface area contributed by atoms with Crippen LogP contribution in [-0.4, -0.2) is 29.1 Å². The molecule has 1 aromatic heterocycles. The lowest BCUT2D eigenvalue weighted by molar-refractivity contribution is -0.141. The fraction of sp³-hybridized carbons (Fsp3) is 0.533. The van der Waals surface area contributed by atoms with Crippen LogP contribution in [0.4, 0.5) is 13.2 Å². The minimum absolute atomic E-state index is 0.233. The highest BCUT2D eigenvalue weighted by Crippen LogP contribution is 2.39. The van der Waals surface area contributed by atoms with E-state index < -0.39 is 30.2 Å². The second-order valence-electron chi connectivity index (χ2n) is 6.57. The van der Waals surface area contributed by atoms with Gasteiger partial charge < -0.3 is 9.31 Å². The highest BCUT2D eigenvalue weighted by atomic mass is 35.5. The molecule has 2 rings (SSSR count). The van der Waals surface area contributed by atoms with Crippen LogP contribution in [0.5, 0.6) is 0 Å². The number of pyridine rings is 1. The third kappa shape index (κ3) is 4.10. The number of nitrogens with zero attached hydrogens (tertiary/aromatic N) is 1. The van der Waals surface area contributed by atoms with Crippen LogP contribution < -0.4 is 0 Å². The van der Waals surface area contributed by atoms with E-state index in [0.29, 0.717) is 5.47 Å². The van der Waals surface area contributed by atoms with Gasteiger partial charge in [-0.05, 0) is 50.9 Å². The van der Waals surface area contributed by atoms with Gasteiger partial charge in [-0.25, -0.2) is 4.98 Å². The predicted octanol–water partition coefficient (Wildman–Crippen LogP) is 4.70. The lowest BCUT2D eigenvalue weighted by Crippen LogP contribution is -2.41. The summed E-state index contributed by atoms with van der Waals surface area (Å²) in [6.45, 7) is 7.59. The molecule has 2 heterocycles. The zero-order chi connectivity index (χ0) is 18.3. The van der Waals surface area contributed by atoms with Gasteiger partial charge in [0.2, 0.25) is 0 Å². The smallest absolute Gasteiger partial charge is 0.400 e. The molecule has 0 atom stereocenters. The zero-order valence-corrected chi connectivity index (χ0v) is 15.4. The summed E-state index contributed by atoms with van der Waals surface area (Å²) in [6.07, 6.45) is -3.03. The average molecular weight is 380 g/mol. The third-order valence-electron chi connectivity index (χ3n) is 4.20. The van der Waals surface area contributed by atoms with Gasteiger partial charge in [0.1, 0.15) is 10.8 Å². The van der Waals surface area contributed by atoms with Crippen molar-refractivity contribution in [2.75, 3.05) is 5.75 Å². The zero-order valence-electron chi connectivity index (χ0n) is 13.7. The molecule has 0 N–H and O–H groups in total. The summed E-state index contributed by atoms with van der Waals surface area (Å²) < 4.78 is 50.4. The number of aromatic nitrogens is 1. The Hall–Kier alpha value is -0.695. The second-order valence-corrected chi connectivity index (χ2v) is 7.28. The molecule has 1 aliphatic heterocycles. The van der Waals surface area contributed by atoms with Crippen LogP contribution >= 0.6 is 24.2 Å². The number of halogens is 4. The molecule has 1 saturated heterocycles. The summed E-state index contributed by atoms with van der Waals surface area (Å²) in [5, 5.41) is -0.233. The molecular formula is C15H18BClF3NO2S. The topological polar surface area (TPSA) is 31.4 Å². The quantitative estimate of drug-likeness (QED) is 0.469. The molecule has 0 radical (unpaired) electrons. The Balaban J connectivity index is 2.37. The molecule has 0 bridgehead atoms. The van der Waals surface area contributed by atoms with Crippen molar-refractivity contribution in [1.82, 2.24) is 4.98 Å². The fourth-order valence-corrected chi connectivity index (χ4v) is 2.60. The van der Waals surface area contributed by atoms with Crippen molar-refractivity contribution < 1.29 is 22.5 Å². The Labute approximate surface area is 150 Å². The molecule has 132 valence electrons. The maximum absolute atomic E-state index is 12.9. The van der Waals surface area contributed by atoms with Crippen LogP contribution in [0.2, 0.25) is 5.15 Å². The maximum Gasteiger partial charge on any atom is 0.491 e. The van der Waals surface area contributed by atoms with Crippen molar-refractivity contribution >= 4 is 37.4 Å². The van der Waals surface area contributed by atoms with Gasteiger partial charge in [-0.1, -0.05) is 17.7 Å². The first kappa shape index (κ1) is 19.6. The van der Waals surface area contributed by atoms with Crippen molar-refractivity contribution in [3.8, 4) is 0 Å². The van der Waals surface area contributed by atoms with E-state index in [4.69, 9.17) is 20.9 Å². The molecule has 0 aromatic carbocycles. The molecule has 3 nitrogen and oxygen atoms in total. The molecule has 1 aliphatic rings. The Morgan fingerprint density at radius 1 is 1.25 bits per heavy atom. The molecule has 24 heavy (non-hydrogen) atoms. The summed E-state index contributed by atoms with van der Waals surface area (Å²) >= 11 is 9.96. The van der Waals surface area contributed by atoms with Crippen LogP contribution in [0.1, 0.15) is 39.0 Å². The van der Waals surface area contributed by atoms with Crippen molar-refractivity contribution in [3.63, 3.8) is 0 Å². The van der Waals surface area contributed by atoms with Gasteiger partial charge in [0.15, 0.2) is 0 Å². The Morgan fingerprint density at radius 2 is 1.79 bits per heavy atom. The molecule has 9 heteroatoms. The summed E-state index contributed by atoms with van der Waals surface area (Å²) in [5.41, 5.74) is -1.28. The van der Waals surface area contributed by atoms with Gasteiger partial charge in [0.25, 0.3) is 0 Å². The number of rotatable bonds is 3. The second kappa shape index (κ2) is 6.55. The van der Waals surface area contributed by atoms with Crippen LogP contribution in [0, 0.1) is 0 Å². The van der Waals surface area contributed by atoms with Gasteiger partial charge in [-0.15, -0.1) is 0 Å². The SMILES string of the molecule is CC1(C)OB(C(=Cc2cc(Cl)nc(C(F)(F)F)c2)CS)OC1(C)C. The van der Waals surface area contributed by atoms with Crippen LogP contribution in [0.3, 0.4) is 0 Å². The first-order valence-electron chi connectivity index (χ1n) is 7.27. The van der Waals surface area contributed by atoms with Gasteiger partial charge in [0.05, 0.1) is 11.2 Å². The molecule has 1 aromatic rings. The maximum atomic E-state index is 12.9. The van der Waals surface area contributed by atoms with Gasteiger partial charge in [-0.2, -0.15) is 25.8 Å². The predicted molar refractivity (Wildman–Crippen MR) is 92.2 cm³/mol. The normalized spacial score (nSPS) is 20.5. The molecule has 0 amide bonds. The van der Waals surface area contributed by atoms with Gasteiger partial charge >= 0.3 is 13.3 Å². The number of alkyl halides is 3. The Morgan fingerprint density at radius 3 is 2.25 bits per heavy atom. The van der Waals surface area contributed by atoms with E-state index >= 15 is 0 Å². The summed E-state index contributed by atoms with van der Waals surface area (Å²) in [6, 6.07) is 2.28. The highest BCUT2D eigenvalue weighted by molar-refractivity contribution is 7.80. The molecule has 0 saturated carbocycles.